The van der Waals surface area contributed by atoms with Crippen LogP contribution in [0.2, 0.25) is 0 Å². The van der Waals surface area contributed by atoms with Crippen molar-refractivity contribution in [3.8, 4) is 0 Å². The fourth-order valence-corrected chi connectivity index (χ4v) is 1.32. The molecule has 0 amide bonds. The van der Waals surface area contributed by atoms with E-state index in [0.29, 0.717) is 17.8 Å². The van der Waals surface area contributed by atoms with Gasteiger partial charge in [-0.15, -0.1) is 0 Å². The Kier molecular flexibility index (Phi) is 3.95. The zero-order valence-electron chi connectivity index (χ0n) is 9.03. The van der Waals surface area contributed by atoms with Crippen LogP contribution in [0.1, 0.15) is 32.9 Å². The standard InChI is InChI=1S/C10H18N2O2/c1-4-5-12(8(2)3)10-11-9(6-13)7-14-10/h7-8,13H,4-6H2,1-3H3. The number of rotatable bonds is 5. The molecule has 1 N–H and O–H groups in total. The van der Waals surface area contributed by atoms with Crippen LogP contribution in [-0.4, -0.2) is 22.7 Å². The molecule has 80 valence electrons. The molecule has 0 fully saturated rings. The van der Waals surface area contributed by atoms with Crippen LogP contribution in [0.15, 0.2) is 10.7 Å². The Labute approximate surface area is 84.6 Å². The highest BCUT2D eigenvalue weighted by atomic mass is 16.4. The van der Waals surface area contributed by atoms with Crippen LogP contribution in [0.3, 0.4) is 0 Å². The van der Waals surface area contributed by atoms with E-state index >= 15 is 0 Å². The molecule has 0 spiro atoms. The molecule has 0 bridgehead atoms. The first-order valence-corrected chi connectivity index (χ1v) is 5.01. The van der Waals surface area contributed by atoms with E-state index in [-0.39, 0.29) is 6.61 Å². The molecule has 0 aromatic carbocycles. The summed E-state index contributed by atoms with van der Waals surface area (Å²) in [7, 11) is 0. The third-order valence-electron chi connectivity index (χ3n) is 2.04. The molecular weight excluding hydrogens is 180 g/mol. The van der Waals surface area contributed by atoms with E-state index in [1.807, 2.05) is 0 Å². The number of aliphatic hydroxyl groups excluding tert-OH is 1. The van der Waals surface area contributed by atoms with E-state index in [1.165, 1.54) is 6.26 Å². The van der Waals surface area contributed by atoms with Gasteiger partial charge in [0, 0.05) is 12.6 Å². The Morgan fingerprint density at radius 2 is 2.29 bits per heavy atom. The lowest BCUT2D eigenvalue weighted by Crippen LogP contribution is -2.31. The second-order valence-electron chi connectivity index (χ2n) is 3.57. The summed E-state index contributed by atoms with van der Waals surface area (Å²) in [6, 6.07) is 0.964. The Morgan fingerprint density at radius 1 is 1.57 bits per heavy atom. The molecule has 0 saturated heterocycles. The van der Waals surface area contributed by atoms with Gasteiger partial charge in [-0.25, -0.2) is 0 Å². The number of nitrogens with zero attached hydrogens (tertiary/aromatic N) is 2. The molecule has 1 aromatic rings. The number of hydrogen-bond donors (Lipinski definition) is 1. The molecule has 1 rings (SSSR count). The average molecular weight is 198 g/mol. The van der Waals surface area contributed by atoms with Crippen LogP contribution >= 0.6 is 0 Å². The maximum absolute atomic E-state index is 8.86. The molecule has 14 heavy (non-hydrogen) atoms. The molecule has 0 aliphatic carbocycles. The first-order chi connectivity index (χ1) is 6.69. The van der Waals surface area contributed by atoms with E-state index in [4.69, 9.17) is 9.52 Å². The number of aliphatic hydroxyl groups is 1. The number of oxazole rings is 1. The van der Waals surface area contributed by atoms with Crippen molar-refractivity contribution in [3.05, 3.63) is 12.0 Å². The second-order valence-corrected chi connectivity index (χ2v) is 3.57. The molecule has 0 aliphatic rings. The molecule has 0 atom stereocenters. The van der Waals surface area contributed by atoms with Crippen LogP contribution in [-0.2, 0) is 6.61 Å². The highest BCUT2D eigenvalue weighted by Crippen LogP contribution is 2.16. The minimum Gasteiger partial charge on any atom is -0.432 e. The first-order valence-electron chi connectivity index (χ1n) is 5.01. The van der Waals surface area contributed by atoms with Crippen molar-refractivity contribution in [2.45, 2.75) is 39.8 Å². The maximum Gasteiger partial charge on any atom is 0.297 e. The number of anilines is 1. The lowest BCUT2D eigenvalue weighted by molar-refractivity contribution is 0.276. The molecule has 1 heterocycles. The van der Waals surface area contributed by atoms with Gasteiger partial charge in [0.2, 0.25) is 0 Å². The van der Waals surface area contributed by atoms with Crippen molar-refractivity contribution in [2.75, 3.05) is 11.4 Å². The Hall–Kier alpha value is -1.03. The zero-order valence-corrected chi connectivity index (χ0v) is 9.03. The van der Waals surface area contributed by atoms with Crippen LogP contribution in [0.5, 0.6) is 0 Å². The normalized spacial score (nSPS) is 10.9. The van der Waals surface area contributed by atoms with Gasteiger partial charge in [0.15, 0.2) is 0 Å². The van der Waals surface area contributed by atoms with Gasteiger partial charge < -0.3 is 14.4 Å². The zero-order chi connectivity index (χ0) is 10.6. The van der Waals surface area contributed by atoms with E-state index in [2.05, 4.69) is 30.7 Å². The maximum atomic E-state index is 8.86. The molecule has 0 unspecified atom stereocenters. The van der Waals surface area contributed by atoms with Crippen molar-refractivity contribution in [2.24, 2.45) is 0 Å². The molecule has 0 saturated carbocycles. The summed E-state index contributed by atoms with van der Waals surface area (Å²) in [4.78, 5) is 6.26. The van der Waals surface area contributed by atoms with Gasteiger partial charge in [-0.3, -0.25) is 0 Å². The fraction of sp³-hybridized carbons (Fsp3) is 0.700. The van der Waals surface area contributed by atoms with Gasteiger partial charge in [0.05, 0.1) is 6.61 Å². The van der Waals surface area contributed by atoms with Crippen molar-refractivity contribution >= 4 is 6.01 Å². The lowest BCUT2D eigenvalue weighted by Gasteiger charge is -2.23. The van der Waals surface area contributed by atoms with Gasteiger partial charge >= 0.3 is 0 Å². The van der Waals surface area contributed by atoms with Gasteiger partial charge in [-0.05, 0) is 20.3 Å². The van der Waals surface area contributed by atoms with Crippen LogP contribution in [0.4, 0.5) is 6.01 Å². The molecule has 4 heteroatoms. The monoisotopic (exact) mass is 198 g/mol. The summed E-state index contributed by atoms with van der Waals surface area (Å²) in [5.41, 5.74) is 0.585. The molecule has 1 aromatic heterocycles. The fourth-order valence-electron chi connectivity index (χ4n) is 1.32. The quantitative estimate of drug-likeness (QED) is 0.783. The summed E-state index contributed by atoms with van der Waals surface area (Å²) in [5, 5.41) is 8.86. The summed E-state index contributed by atoms with van der Waals surface area (Å²) in [6.45, 7) is 7.16. The second kappa shape index (κ2) is 5.00. The van der Waals surface area contributed by atoms with Gasteiger partial charge in [0.1, 0.15) is 12.0 Å². The number of hydrogen-bond acceptors (Lipinski definition) is 4. The molecule has 4 nitrogen and oxygen atoms in total. The summed E-state index contributed by atoms with van der Waals surface area (Å²) in [6.07, 6.45) is 2.55. The summed E-state index contributed by atoms with van der Waals surface area (Å²) >= 11 is 0. The van der Waals surface area contributed by atoms with Gasteiger partial charge in [0.25, 0.3) is 6.01 Å². The van der Waals surface area contributed by atoms with E-state index < -0.39 is 0 Å². The Morgan fingerprint density at radius 3 is 2.71 bits per heavy atom. The van der Waals surface area contributed by atoms with Crippen LogP contribution in [0.25, 0.3) is 0 Å². The van der Waals surface area contributed by atoms with Crippen molar-refractivity contribution in [3.63, 3.8) is 0 Å². The van der Waals surface area contributed by atoms with E-state index in [1.54, 1.807) is 0 Å². The predicted octanol–water partition coefficient (Wildman–Crippen LogP) is 1.79. The van der Waals surface area contributed by atoms with Crippen molar-refractivity contribution < 1.29 is 9.52 Å². The third-order valence-corrected chi connectivity index (χ3v) is 2.04. The Bertz CT molecular complexity index is 271. The third kappa shape index (κ3) is 2.48. The first kappa shape index (κ1) is 11.0. The summed E-state index contributed by atoms with van der Waals surface area (Å²) < 4.78 is 5.29. The highest BCUT2D eigenvalue weighted by Gasteiger charge is 2.14. The molecule has 0 aliphatic heterocycles. The van der Waals surface area contributed by atoms with Crippen molar-refractivity contribution in [1.29, 1.82) is 0 Å². The minimum atomic E-state index is -0.0679. The average Bonchev–Trinajstić information content (AvgIpc) is 2.61. The van der Waals surface area contributed by atoms with Crippen molar-refractivity contribution in [1.82, 2.24) is 4.98 Å². The van der Waals surface area contributed by atoms with Crippen LogP contribution < -0.4 is 4.90 Å². The largest absolute Gasteiger partial charge is 0.432 e. The van der Waals surface area contributed by atoms with E-state index in [0.717, 1.165) is 13.0 Å². The van der Waals surface area contributed by atoms with Crippen LogP contribution in [0, 0.1) is 0 Å². The van der Waals surface area contributed by atoms with E-state index in [9.17, 15) is 0 Å². The molecular formula is C10H18N2O2. The smallest absolute Gasteiger partial charge is 0.297 e. The SMILES string of the molecule is CCCN(c1nc(CO)co1)C(C)C. The highest BCUT2D eigenvalue weighted by molar-refractivity contribution is 5.27. The van der Waals surface area contributed by atoms with Gasteiger partial charge in [-0.2, -0.15) is 4.98 Å². The predicted molar refractivity (Wildman–Crippen MR) is 55.2 cm³/mol. The lowest BCUT2D eigenvalue weighted by atomic mass is 10.3. The minimum absolute atomic E-state index is 0.0679. The Balaban J connectivity index is 2.76. The van der Waals surface area contributed by atoms with Gasteiger partial charge in [-0.1, -0.05) is 6.92 Å². The number of aromatic nitrogens is 1. The molecule has 0 radical (unpaired) electrons. The topological polar surface area (TPSA) is 49.5 Å². The summed E-state index contributed by atoms with van der Waals surface area (Å²) in [5.74, 6) is 0.